The van der Waals surface area contributed by atoms with Crippen molar-refractivity contribution in [3.05, 3.63) is 231 Å². The smallest absolute Gasteiger partial charge is 0.172 e. The standard InChI is InChI=1S/C33H33.C21H12Cl2.C5H5.2ClH.Zr/c1-32(2,3)30-20-26-24(18-28(30)22-13-9-7-10-14-22)17-25-19-29(23-15-11-8-12-16-23)31(21-27(25)26)33(4,5)6;22-18-10-14-5-1-3-7-20(14)16(12-18)9-17-13-19(23)11-15-6-2-4-8-21(15)17;1-2-4-5-3-1;;;/h7-16,18,20-21H,17H2,1-6H3;1-8,10-13H;1-5H;2*1H;/q-1;;-1;;;+2/p-2. The van der Waals surface area contributed by atoms with Gasteiger partial charge in [-0.1, -0.05) is 131 Å². The van der Waals surface area contributed by atoms with Gasteiger partial charge in [-0.3, -0.25) is 0 Å². The second kappa shape index (κ2) is 20.8. The van der Waals surface area contributed by atoms with E-state index in [0.29, 0.717) is 0 Å². The Morgan fingerprint density at radius 3 is 1.47 bits per heavy atom. The van der Waals surface area contributed by atoms with Gasteiger partial charge in [0.05, 0.1) is 0 Å². The molecule has 0 unspecified atom stereocenters. The molecule has 9 aromatic carbocycles. The summed E-state index contributed by atoms with van der Waals surface area (Å²) >= 11 is 14.1. The third kappa shape index (κ3) is 10.8. The molecule has 1 aliphatic rings. The van der Waals surface area contributed by atoms with Gasteiger partial charge in [-0.15, -0.1) is 28.8 Å². The van der Waals surface area contributed by atoms with E-state index in [1.807, 2.05) is 54.6 Å². The zero-order valence-corrected chi connectivity index (χ0v) is 42.5. The molecule has 5 heteroatoms. The quantitative estimate of drug-likeness (QED) is 0.154. The first-order valence-corrected chi connectivity index (χ1v) is 23.3. The molecule has 0 bridgehead atoms. The van der Waals surface area contributed by atoms with E-state index < -0.39 is 0 Å². The first-order valence-electron chi connectivity index (χ1n) is 21.3. The largest absolute Gasteiger partial charge is 1.00 e. The summed E-state index contributed by atoms with van der Waals surface area (Å²) in [5.41, 5.74) is 15.9. The Labute approximate surface area is 417 Å². The minimum absolute atomic E-state index is 0. The summed E-state index contributed by atoms with van der Waals surface area (Å²) in [5.74, 6) is 0. The summed E-state index contributed by atoms with van der Waals surface area (Å²) in [6.07, 6.45) is 0.944. The van der Waals surface area contributed by atoms with Crippen molar-refractivity contribution in [2.75, 3.05) is 0 Å². The molecule has 0 fully saturated rings. The Kier molecular flexibility index (Phi) is 15.9. The molecule has 0 aliphatic heterocycles. The molecular weight excluding hydrogens is 942 g/mol. The number of rotatable bonds is 4. The molecular formula is C59H50Cl4Zr-2. The van der Waals surface area contributed by atoms with E-state index in [4.69, 9.17) is 23.2 Å². The third-order valence-electron chi connectivity index (χ3n) is 11.6. The zero-order chi connectivity index (χ0) is 43.6. The molecule has 0 spiro atoms. The number of halogens is 4. The van der Waals surface area contributed by atoms with E-state index in [2.05, 4.69) is 175 Å². The van der Waals surface area contributed by atoms with Crippen molar-refractivity contribution in [2.24, 2.45) is 0 Å². The SMILES string of the molecule is CC(C)(C)c1cc2c([c-]c1-c1ccccc1)Cc1cc(-c3ccccc3)c(C(C)(C)C)cc1-2.Clc1cc([C](=[Zr+2])c2cc(Cl)cc3ccccc23)c2ccccc2c1.[Cl-].[Cl-].c1cc[cH-]c1. The molecule has 0 amide bonds. The third-order valence-corrected chi connectivity index (χ3v) is 13.3. The number of fused-ring (bicyclic) bond motifs is 5. The van der Waals surface area contributed by atoms with Crippen LogP contribution in [-0.4, -0.2) is 3.21 Å². The first-order chi connectivity index (χ1) is 29.8. The molecule has 0 aromatic heterocycles. The van der Waals surface area contributed by atoms with Crippen LogP contribution in [0.4, 0.5) is 0 Å². The van der Waals surface area contributed by atoms with E-state index >= 15 is 0 Å². The van der Waals surface area contributed by atoms with Crippen LogP contribution in [0.1, 0.15) is 74.9 Å². The van der Waals surface area contributed by atoms with E-state index in [-0.39, 0.29) is 35.6 Å². The molecule has 0 atom stereocenters. The van der Waals surface area contributed by atoms with Crippen molar-refractivity contribution in [3.8, 4) is 33.4 Å². The predicted molar refractivity (Wildman–Crippen MR) is 265 cm³/mol. The van der Waals surface area contributed by atoms with Gasteiger partial charge in [0.1, 0.15) is 0 Å². The summed E-state index contributed by atoms with van der Waals surface area (Å²) in [6.45, 7) is 13.9. The average molecular weight is 992 g/mol. The molecule has 0 nitrogen and oxygen atoms in total. The van der Waals surface area contributed by atoms with E-state index in [9.17, 15) is 0 Å². The van der Waals surface area contributed by atoms with Gasteiger partial charge < -0.3 is 24.8 Å². The van der Waals surface area contributed by atoms with Crippen LogP contribution in [0.3, 0.4) is 0 Å². The molecule has 0 saturated heterocycles. The summed E-state index contributed by atoms with van der Waals surface area (Å²) < 4.78 is 1.26. The van der Waals surface area contributed by atoms with Gasteiger partial charge in [0.15, 0.2) is 0 Å². The number of hydrogen-bond donors (Lipinski definition) is 0. The first kappa shape index (κ1) is 49.0. The molecule has 64 heavy (non-hydrogen) atoms. The van der Waals surface area contributed by atoms with Crippen LogP contribution in [-0.2, 0) is 41.5 Å². The van der Waals surface area contributed by atoms with Gasteiger partial charge >= 0.3 is 166 Å². The Bertz CT molecular complexity index is 2820. The van der Waals surface area contributed by atoms with E-state index in [1.54, 1.807) is 0 Å². The van der Waals surface area contributed by atoms with E-state index in [1.165, 1.54) is 105 Å². The minimum Gasteiger partial charge on any atom is -1.00 e. The van der Waals surface area contributed by atoms with Gasteiger partial charge in [-0.25, -0.2) is 12.1 Å². The normalized spacial score (nSPS) is 11.5. The van der Waals surface area contributed by atoms with Crippen molar-refractivity contribution in [1.29, 1.82) is 0 Å². The molecule has 1 aliphatic carbocycles. The van der Waals surface area contributed by atoms with Crippen LogP contribution in [0.2, 0.25) is 10.0 Å². The van der Waals surface area contributed by atoms with Crippen LogP contribution in [0, 0.1) is 6.07 Å². The Morgan fingerprint density at radius 2 is 0.984 bits per heavy atom. The zero-order valence-electron chi connectivity index (χ0n) is 37.0. The Hall–Kier alpha value is -4.46. The number of hydrogen-bond acceptors (Lipinski definition) is 0. The van der Waals surface area contributed by atoms with Crippen molar-refractivity contribution in [3.63, 3.8) is 0 Å². The minimum atomic E-state index is 0. The Morgan fingerprint density at radius 1 is 0.516 bits per heavy atom. The fourth-order valence-electron chi connectivity index (χ4n) is 8.53. The molecule has 10 rings (SSSR count). The second-order valence-electron chi connectivity index (χ2n) is 18.1. The monoisotopic (exact) mass is 988 g/mol. The maximum absolute atomic E-state index is 6.38. The van der Waals surface area contributed by atoms with Crippen molar-refractivity contribution < 1.29 is 49.0 Å². The van der Waals surface area contributed by atoms with E-state index in [0.717, 1.165) is 27.2 Å². The van der Waals surface area contributed by atoms with Crippen molar-refractivity contribution in [1.82, 2.24) is 0 Å². The van der Waals surface area contributed by atoms with Crippen LogP contribution in [0.15, 0.2) is 182 Å². The summed E-state index contributed by atoms with van der Waals surface area (Å²) in [5, 5.41) is 6.28. The molecule has 0 heterocycles. The van der Waals surface area contributed by atoms with Crippen molar-refractivity contribution in [2.45, 2.75) is 58.8 Å². The van der Waals surface area contributed by atoms with Crippen molar-refractivity contribution >= 4 is 48.0 Å². The van der Waals surface area contributed by atoms with Gasteiger partial charge in [0.25, 0.3) is 0 Å². The van der Waals surface area contributed by atoms with Crippen LogP contribution >= 0.6 is 23.2 Å². The molecule has 320 valence electrons. The average Bonchev–Trinajstić information content (AvgIpc) is 3.97. The van der Waals surface area contributed by atoms with Crippen LogP contribution in [0.5, 0.6) is 0 Å². The van der Waals surface area contributed by atoms with Crippen LogP contribution in [0.25, 0.3) is 54.9 Å². The van der Waals surface area contributed by atoms with Gasteiger partial charge in [0.2, 0.25) is 0 Å². The van der Waals surface area contributed by atoms with Gasteiger partial charge in [0, 0.05) is 0 Å². The second-order valence-corrected chi connectivity index (χ2v) is 20.2. The summed E-state index contributed by atoms with van der Waals surface area (Å²) in [6, 6.07) is 67.7. The maximum Gasteiger partial charge on any atom is -0.172 e. The topological polar surface area (TPSA) is 0 Å². The van der Waals surface area contributed by atoms with Gasteiger partial charge in [-0.2, -0.15) is 18.2 Å². The molecule has 0 N–H and O–H groups in total. The molecule has 0 radical (unpaired) electrons. The molecule has 0 saturated carbocycles. The predicted octanol–water partition coefficient (Wildman–Crippen LogP) is 10.8. The Balaban J connectivity index is 0.000000193. The number of benzene rings is 8. The molecule has 9 aromatic rings. The summed E-state index contributed by atoms with van der Waals surface area (Å²) in [7, 11) is 0. The fraction of sp³-hybridized carbons (Fsp3) is 0.153. The fourth-order valence-corrected chi connectivity index (χ4v) is 10.00. The summed E-state index contributed by atoms with van der Waals surface area (Å²) in [4.78, 5) is 0. The maximum atomic E-state index is 6.38. The van der Waals surface area contributed by atoms with Crippen LogP contribution < -0.4 is 24.8 Å². The van der Waals surface area contributed by atoms with Gasteiger partial charge in [-0.05, 0) is 39.5 Å².